The number of rotatable bonds is 6. The second kappa shape index (κ2) is 7.85. The molecule has 1 aromatic rings. The van der Waals surface area contributed by atoms with Crippen LogP contribution in [0.15, 0.2) is 29.5 Å². The molecule has 1 heterocycles. The highest BCUT2D eigenvalue weighted by molar-refractivity contribution is 5.95. The minimum Gasteiger partial charge on any atom is -0.502 e. The van der Waals surface area contributed by atoms with Crippen molar-refractivity contribution in [3.05, 3.63) is 45.1 Å². The quantitative estimate of drug-likeness (QED) is 0.404. The van der Waals surface area contributed by atoms with Crippen molar-refractivity contribution in [1.29, 1.82) is 0 Å². The molecule has 9 nitrogen and oxygen atoms in total. The SMILES string of the molecule is CC1=C(C(=O)OCCC(C)C)[C@H](c2ccc(O)c([N+](=O)[O-])c2)NC(=O)N1. The van der Waals surface area contributed by atoms with Crippen LogP contribution in [0, 0.1) is 16.0 Å². The Hall–Kier alpha value is -3.10. The molecule has 9 heteroatoms. The first-order valence-corrected chi connectivity index (χ1v) is 8.13. The highest BCUT2D eigenvalue weighted by Gasteiger charge is 2.33. The van der Waals surface area contributed by atoms with Gasteiger partial charge in [0.1, 0.15) is 0 Å². The van der Waals surface area contributed by atoms with Gasteiger partial charge in [-0.25, -0.2) is 9.59 Å². The number of allylic oxidation sites excluding steroid dienone is 1. The second-order valence-electron chi connectivity index (χ2n) is 6.39. The Morgan fingerprint density at radius 2 is 2.12 bits per heavy atom. The number of hydrogen-bond acceptors (Lipinski definition) is 6. The van der Waals surface area contributed by atoms with E-state index >= 15 is 0 Å². The third-order valence-corrected chi connectivity index (χ3v) is 3.95. The van der Waals surface area contributed by atoms with E-state index in [1.165, 1.54) is 6.07 Å². The van der Waals surface area contributed by atoms with E-state index < -0.39 is 34.4 Å². The average molecular weight is 363 g/mol. The number of carbonyl (C=O) groups excluding carboxylic acids is 2. The highest BCUT2D eigenvalue weighted by Crippen LogP contribution is 2.33. The van der Waals surface area contributed by atoms with E-state index in [-0.39, 0.29) is 12.2 Å². The molecule has 3 N–H and O–H groups in total. The average Bonchev–Trinajstić information content (AvgIpc) is 2.53. The molecule has 140 valence electrons. The lowest BCUT2D eigenvalue weighted by Crippen LogP contribution is -2.45. The topological polar surface area (TPSA) is 131 Å². The number of nitrogens with one attached hydrogen (secondary N) is 2. The third-order valence-electron chi connectivity index (χ3n) is 3.95. The molecule has 26 heavy (non-hydrogen) atoms. The summed E-state index contributed by atoms with van der Waals surface area (Å²) in [4.78, 5) is 34.6. The molecule has 0 aliphatic carbocycles. The summed E-state index contributed by atoms with van der Waals surface area (Å²) in [5, 5.41) is 25.7. The fourth-order valence-corrected chi connectivity index (χ4v) is 2.55. The Bertz CT molecular complexity index is 772. The summed E-state index contributed by atoms with van der Waals surface area (Å²) in [6.45, 7) is 5.78. The van der Waals surface area contributed by atoms with Crippen LogP contribution in [0.2, 0.25) is 0 Å². The van der Waals surface area contributed by atoms with Crippen LogP contribution < -0.4 is 10.6 Å². The van der Waals surface area contributed by atoms with Crippen LogP contribution in [0.5, 0.6) is 5.75 Å². The number of phenolic OH excluding ortho intramolecular Hbond substituents is 1. The Labute approximate surface area is 150 Å². The zero-order valence-electron chi connectivity index (χ0n) is 14.7. The number of phenols is 1. The highest BCUT2D eigenvalue weighted by atomic mass is 16.6. The van der Waals surface area contributed by atoms with Gasteiger partial charge in [-0.05, 0) is 30.9 Å². The van der Waals surface area contributed by atoms with Gasteiger partial charge in [-0.2, -0.15) is 0 Å². The second-order valence-corrected chi connectivity index (χ2v) is 6.39. The molecule has 0 fully saturated rings. The van der Waals surface area contributed by atoms with Crippen LogP contribution in [0.4, 0.5) is 10.5 Å². The predicted molar refractivity (Wildman–Crippen MR) is 92.3 cm³/mol. The Morgan fingerprint density at radius 3 is 2.73 bits per heavy atom. The van der Waals surface area contributed by atoms with Gasteiger partial charge in [0.05, 0.1) is 23.1 Å². The van der Waals surface area contributed by atoms with Gasteiger partial charge in [0.15, 0.2) is 5.75 Å². The molecular formula is C17H21N3O6. The monoisotopic (exact) mass is 363 g/mol. The third kappa shape index (κ3) is 4.29. The van der Waals surface area contributed by atoms with Crippen molar-refractivity contribution < 1.29 is 24.4 Å². The van der Waals surface area contributed by atoms with E-state index in [1.54, 1.807) is 6.92 Å². The van der Waals surface area contributed by atoms with E-state index in [1.807, 2.05) is 13.8 Å². The molecule has 0 bridgehead atoms. The number of carbonyl (C=O) groups is 2. The van der Waals surface area contributed by atoms with Gasteiger partial charge < -0.3 is 20.5 Å². The molecule has 0 aromatic heterocycles. The maximum atomic E-state index is 12.5. The van der Waals surface area contributed by atoms with E-state index in [9.17, 15) is 24.8 Å². The lowest BCUT2D eigenvalue weighted by atomic mass is 9.95. The maximum absolute atomic E-state index is 12.5. The number of amides is 2. The largest absolute Gasteiger partial charge is 0.502 e. The molecule has 0 unspecified atom stereocenters. The summed E-state index contributed by atoms with van der Waals surface area (Å²) < 4.78 is 5.28. The van der Waals surface area contributed by atoms with Crippen molar-refractivity contribution in [3.63, 3.8) is 0 Å². The van der Waals surface area contributed by atoms with Gasteiger partial charge in [0.25, 0.3) is 0 Å². The zero-order chi connectivity index (χ0) is 19.4. The number of aromatic hydroxyl groups is 1. The first-order valence-electron chi connectivity index (χ1n) is 8.13. The van der Waals surface area contributed by atoms with Gasteiger partial charge >= 0.3 is 17.7 Å². The number of nitro benzene ring substituents is 1. The van der Waals surface area contributed by atoms with Crippen molar-refractivity contribution in [2.24, 2.45) is 5.92 Å². The molecule has 0 saturated carbocycles. The first kappa shape index (κ1) is 19.2. The van der Waals surface area contributed by atoms with E-state index in [4.69, 9.17) is 4.74 Å². The smallest absolute Gasteiger partial charge is 0.338 e. The molecule has 0 spiro atoms. The number of hydrogen-bond donors (Lipinski definition) is 3. The normalized spacial score (nSPS) is 16.9. The molecule has 1 aliphatic rings. The summed E-state index contributed by atoms with van der Waals surface area (Å²) in [7, 11) is 0. The number of benzene rings is 1. The molecule has 2 rings (SSSR count). The van der Waals surface area contributed by atoms with Crippen molar-refractivity contribution in [1.82, 2.24) is 10.6 Å². The van der Waals surface area contributed by atoms with Crippen LogP contribution in [0.3, 0.4) is 0 Å². The summed E-state index contributed by atoms with van der Waals surface area (Å²) in [5.74, 6) is -0.755. The van der Waals surface area contributed by atoms with Crippen LogP contribution in [0.25, 0.3) is 0 Å². The molecule has 2 amide bonds. The van der Waals surface area contributed by atoms with Gasteiger partial charge in [-0.15, -0.1) is 0 Å². The number of urea groups is 1. The van der Waals surface area contributed by atoms with E-state index in [2.05, 4.69) is 10.6 Å². The molecular weight excluding hydrogens is 342 g/mol. The molecule has 1 atom stereocenters. The van der Waals surface area contributed by atoms with Crippen molar-refractivity contribution in [3.8, 4) is 5.75 Å². The van der Waals surface area contributed by atoms with Gasteiger partial charge in [-0.3, -0.25) is 10.1 Å². The maximum Gasteiger partial charge on any atom is 0.338 e. The summed E-state index contributed by atoms with van der Waals surface area (Å²) in [6, 6.07) is 2.23. The van der Waals surface area contributed by atoms with E-state index in [0.717, 1.165) is 12.1 Å². The van der Waals surface area contributed by atoms with Gasteiger partial charge in [0.2, 0.25) is 0 Å². The fraction of sp³-hybridized carbons (Fsp3) is 0.412. The van der Waals surface area contributed by atoms with Crippen LogP contribution >= 0.6 is 0 Å². The Kier molecular flexibility index (Phi) is 5.81. The summed E-state index contributed by atoms with van der Waals surface area (Å²) >= 11 is 0. The van der Waals surface area contributed by atoms with Crippen molar-refractivity contribution in [2.75, 3.05) is 6.61 Å². The summed E-state index contributed by atoms with van der Waals surface area (Å²) in [6.07, 6.45) is 0.688. The minimum atomic E-state index is -0.922. The zero-order valence-corrected chi connectivity index (χ0v) is 14.7. The summed E-state index contributed by atoms with van der Waals surface area (Å²) in [5.41, 5.74) is 0.248. The molecule has 1 aromatic carbocycles. The van der Waals surface area contributed by atoms with Crippen LogP contribution in [0.1, 0.15) is 38.8 Å². The number of esters is 1. The Morgan fingerprint density at radius 1 is 1.42 bits per heavy atom. The van der Waals surface area contributed by atoms with Crippen molar-refractivity contribution in [2.45, 2.75) is 33.2 Å². The molecule has 0 saturated heterocycles. The number of ether oxygens (including phenoxy) is 1. The lowest BCUT2D eigenvalue weighted by Gasteiger charge is -2.28. The van der Waals surface area contributed by atoms with Gasteiger partial charge in [-0.1, -0.05) is 19.9 Å². The molecule has 1 aliphatic heterocycles. The van der Waals surface area contributed by atoms with Crippen LogP contribution in [-0.4, -0.2) is 28.6 Å². The van der Waals surface area contributed by atoms with Gasteiger partial charge in [0, 0.05) is 11.8 Å². The lowest BCUT2D eigenvalue weighted by molar-refractivity contribution is -0.385. The minimum absolute atomic E-state index is 0.161. The predicted octanol–water partition coefficient (Wildman–Crippen LogP) is 2.52. The standard InChI is InChI=1S/C17H21N3O6/c1-9(2)6-7-26-16(22)14-10(3)18-17(23)19-15(14)11-4-5-13(21)12(8-11)20(24)25/h4-5,8-9,15,21H,6-7H2,1-3H3,(H2,18,19,23)/t15-/m0/s1. The molecule has 0 radical (unpaired) electrons. The van der Waals surface area contributed by atoms with Crippen molar-refractivity contribution >= 4 is 17.7 Å². The number of nitrogens with zero attached hydrogens (tertiary/aromatic N) is 1. The first-order chi connectivity index (χ1) is 12.2. The number of nitro groups is 1. The fourth-order valence-electron chi connectivity index (χ4n) is 2.55. The van der Waals surface area contributed by atoms with Crippen LogP contribution in [-0.2, 0) is 9.53 Å². The Balaban J connectivity index is 2.36. The van der Waals surface area contributed by atoms with E-state index in [0.29, 0.717) is 23.6 Å².